The van der Waals surface area contributed by atoms with Crippen molar-refractivity contribution in [2.45, 2.75) is 50.0 Å². The molecule has 44 heavy (non-hydrogen) atoms. The van der Waals surface area contributed by atoms with Crippen LogP contribution >= 0.6 is 21.6 Å². The smallest absolute Gasteiger partial charge is 0.268 e. The third-order valence-corrected chi connectivity index (χ3v) is 9.17. The molecule has 0 aromatic heterocycles. The maximum atomic E-state index is 12.7. The number of hydrogen-bond donors (Lipinski definition) is 4. The summed E-state index contributed by atoms with van der Waals surface area (Å²) in [6, 6.07) is 16.5. The SMILES string of the molecule is CN(O)C(=O)C(Cc1ccccc1)NC(=O)CCOC1CSSCC1OCCC(=O)NC(Cc1ccccc1)C(=O)N(C)O. The molecule has 2 aromatic carbocycles. The minimum Gasteiger partial charge on any atom is -0.374 e. The molecule has 0 bridgehead atoms. The zero-order chi connectivity index (χ0) is 31.9. The van der Waals surface area contributed by atoms with E-state index in [0.717, 1.165) is 11.1 Å². The fourth-order valence-corrected chi connectivity index (χ4v) is 6.91. The largest absolute Gasteiger partial charge is 0.374 e. The first-order valence-electron chi connectivity index (χ1n) is 14.2. The van der Waals surface area contributed by atoms with E-state index in [2.05, 4.69) is 10.6 Å². The number of benzene rings is 2. The molecule has 1 fully saturated rings. The van der Waals surface area contributed by atoms with E-state index in [1.165, 1.54) is 14.1 Å². The van der Waals surface area contributed by atoms with E-state index < -0.39 is 23.9 Å². The summed E-state index contributed by atoms with van der Waals surface area (Å²) in [6.45, 7) is 0.197. The number of carbonyl (C=O) groups is 4. The highest BCUT2D eigenvalue weighted by molar-refractivity contribution is 8.76. The zero-order valence-corrected chi connectivity index (χ0v) is 26.4. The molecule has 14 heteroatoms. The van der Waals surface area contributed by atoms with E-state index in [-0.39, 0.29) is 62.9 Å². The maximum Gasteiger partial charge on any atom is 0.268 e. The lowest BCUT2D eigenvalue weighted by Crippen LogP contribution is -2.48. The molecule has 1 saturated heterocycles. The van der Waals surface area contributed by atoms with Gasteiger partial charge in [0.25, 0.3) is 11.8 Å². The Balaban J connectivity index is 1.44. The molecular formula is C30H40N4O8S2. The lowest BCUT2D eigenvalue weighted by atomic mass is 10.1. The average Bonchev–Trinajstić information content (AvgIpc) is 3.01. The molecule has 4 amide bonds. The molecule has 1 heterocycles. The lowest BCUT2D eigenvalue weighted by molar-refractivity contribution is -0.162. The highest BCUT2D eigenvalue weighted by Crippen LogP contribution is 2.32. The monoisotopic (exact) mass is 648 g/mol. The van der Waals surface area contributed by atoms with Gasteiger partial charge in [-0.15, -0.1) is 0 Å². The molecule has 1 aliphatic rings. The summed E-state index contributed by atoms with van der Waals surface area (Å²) in [5, 5.41) is 25.6. The van der Waals surface area contributed by atoms with Crippen LogP contribution in [0, 0.1) is 0 Å². The van der Waals surface area contributed by atoms with Crippen LogP contribution in [0.25, 0.3) is 0 Å². The second-order valence-corrected chi connectivity index (χ2v) is 12.8. The lowest BCUT2D eigenvalue weighted by Gasteiger charge is -2.30. The van der Waals surface area contributed by atoms with Gasteiger partial charge >= 0.3 is 0 Å². The zero-order valence-electron chi connectivity index (χ0n) is 24.8. The standard InChI is InChI=1S/C30H40N4O8S2/c1-33(39)29(37)23(17-21-9-5-3-6-10-21)31-27(35)13-15-41-25-19-43-44-20-26(25)42-16-14-28(36)32-24(30(38)34(2)40)18-22-11-7-4-8-12-22/h3-12,23-26,39-40H,13-20H2,1-2H3,(H,31,35)(H,32,36). The van der Waals surface area contributed by atoms with Gasteiger partial charge in [0, 0.05) is 51.3 Å². The van der Waals surface area contributed by atoms with Crippen molar-refractivity contribution in [1.29, 1.82) is 0 Å². The second-order valence-electron chi connectivity index (χ2n) is 10.2. The van der Waals surface area contributed by atoms with Crippen molar-refractivity contribution in [3.05, 3.63) is 71.8 Å². The van der Waals surface area contributed by atoms with Gasteiger partial charge in [0.05, 0.1) is 25.4 Å². The molecule has 1 aliphatic heterocycles. The van der Waals surface area contributed by atoms with Gasteiger partial charge in [0.2, 0.25) is 11.8 Å². The summed E-state index contributed by atoms with van der Waals surface area (Å²) >= 11 is 0. The molecule has 4 unspecified atom stereocenters. The second kappa shape index (κ2) is 18.6. The number of amides is 4. The van der Waals surface area contributed by atoms with Crippen LogP contribution in [0.3, 0.4) is 0 Å². The Morgan fingerprint density at radius 1 is 0.727 bits per heavy atom. The number of nitrogens with one attached hydrogen (secondary N) is 2. The Morgan fingerprint density at radius 2 is 1.09 bits per heavy atom. The summed E-state index contributed by atoms with van der Waals surface area (Å²) < 4.78 is 12.0. The molecule has 4 N–H and O–H groups in total. The van der Waals surface area contributed by atoms with Gasteiger partial charge in [0.1, 0.15) is 12.1 Å². The molecule has 3 rings (SSSR count). The quantitative estimate of drug-likeness (QED) is 0.121. The fourth-order valence-electron chi connectivity index (χ4n) is 4.45. The van der Waals surface area contributed by atoms with Gasteiger partial charge in [-0.05, 0) is 11.1 Å². The van der Waals surface area contributed by atoms with Gasteiger partial charge in [-0.3, -0.25) is 29.6 Å². The van der Waals surface area contributed by atoms with Crippen LogP contribution < -0.4 is 10.6 Å². The van der Waals surface area contributed by atoms with Crippen LogP contribution in [-0.4, -0.2) is 107 Å². The summed E-state index contributed by atoms with van der Waals surface area (Å²) in [5.74, 6) is -0.767. The van der Waals surface area contributed by atoms with Crippen molar-refractivity contribution in [3.8, 4) is 0 Å². The van der Waals surface area contributed by atoms with Crippen LogP contribution in [0.15, 0.2) is 60.7 Å². The average molecular weight is 649 g/mol. The molecule has 2 aromatic rings. The molecule has 0 radical (unpaired) electrons. The van der Waals surface area contributed by atoms with Gasteiger partial charge in [-0.25, -0.2) is 10.1 Å². The van der Waals surface area contributed by atoms with E-state index in [4.69, 9.17) is 9.47 Å². The predicted octanol–water partition coefficient (Wildman–Crippen LogP) is 2.08. The van der Waals surface area contributed by atoms with E-state index in [9.17, 15) is 29.6 Å². The maximum absolute atomic E-state index is 12.7. The third kappa shape index (κ3) is 12.1. The summed E-state index contributed by atoms with van der Waals surface area (Å²) in [7, 11) is 5.69. The van der Waals surface area contributed by atoms with Gasteiger partial charge in [-0.2, -0.15) is 0 Å². The van der Waals surface area contributed by atoms with Crippen LogP contribution in [0.2, 0.25) is 0 Å². The molecule has 12 nitrogen and oxygen atoms in total. The molecular weight excluding hydrogens is 608 g/mol. The molecule has 0 saturated carbocycles. The first-order valence-corrected chi connectivity index (χ1v) is 16.7. The highest BCUT2D eigenvalue weighted by atomic mass is 33.1. The van der Waals surface area contributed by atoms with Crippen molar-refractivity contribution in [3.63, 3.8) is 0 Å². The van der Waals surface area contributed by atoms with Crippen LogP contribution in [0.5, 0.6) is 0 Å². The van der Waals surface area contributed by atoms with Gasteiger partial charge in [0.15, 0.2) is 0 Å². The van der Waals surface area contributed by atoms with Crippen molar-refractivity contribution >= 4 is 45.2 Å². The van der Waals surface area contributed by atoms with E-state index in [1.54, 1.807) is 21.6 Å². The number of hydroxylamine groups is 4. The van der Waals surface area contributed by atoms with Crippen molar-refractivity contribution in [2.24, 2.45) is 0 Å². The summed E-state index contributed by atoms with van der Waals surface area (Å²) in [4.78, 5) is 50.2. The number of hydrogen-bond acceptors (Lipinski definition) is 10. The van der Waals surface area contributed by atoms with Crippen molar-refractivity contribution < 1.29 is 39.1 Å². The van der Waals surface area contributed by atoms with Gasteiger partial charge < -0.3 is 20.1 Å². The Labute approximate surface area is 265 Å². The van der Waals surface area contributed by atoms with E-state index in [1.807, 2.05) is 60.7 Å². The highest BCUT2D eigenvalue weighted by Gasteiger charge is 2.29. The van der Waals surface area contributed by atoms with Crippen LogP contribution in [-0.2, 0) is 41.5 Å². The molecule has 0 aliphatic carbocycles. The molecule has 4 atom stereocenters. The number of likely N-dealkylation sites (N-methyl/N-ethyl adjacent to an activating group) is 2. The third-order valence-electron chi connectivity index (χ3n) is 6.75. The Morgan fingerprint density at radius 3 is 1.43 bits per heavy atom. The predicted molar refractivity (Wildman–Crippen MR) is 167 cm³/mol. The number of rotatable bonds is 16. The van der Waals surface area contributed by atoms with Crippen molar-refractivity contribution in [2.75, 3.05) is 38.8 Å². The molecule has 240 valence electrons. The van der Waals surface area contributed by atoms with Crippen molar-refractivity contribution in [1.82, 2.24) is 20.8 Å². The van der Waals surface area contributed by atoms with Gasteiger partial charge in [-0.1, -0.05) is 82.3 Å². The van der Waals surface area contributed by atoms with E-state index in [0.29, 0.717) is 21.6 Å². The number of nitrogens with zero attached hydrogens (tertiary/aromatic N) is 2. The normalized spacial score (nSPS) is 17.6. The topological polar surface area (TPSA) is 158 Å². The van der Waals surface area contributed by atoms with E-state index >= 15 is 0 Å². The first kappa shape index (κ1) is 35.3. The summed E-state index contributed by atoms with van der Waals surface area (Å²) in [6.07, 6.45) is -0.138. The Kier molecular flexibility index (Phi) is 15.0. The van der Waals surface area contributed by atoms with Crippen LogP contribution in [0.1, 0.15) is 24.0 Å². The first-order chi connectivity index (χ1) is 21.1. The number of carbonyl (C=O) groups excluding carboxylic acids is 4. The molecule has 0 spiro atoms. The summed E-state index contributed by atoms with van der Waals surface area (Å²) in [5.41, 5.74) is 1.68. The number of ether oxygens (including phenoxy) is 2. The Hall–Kier alpha value is -3.14. The minimum absolute atomic E-state index is 0.00722. The minimum atomic E-state index is -0.927. The Bertz CT molecular complexity index is 1110. The van der Waals surface area contributed by atoms with Crippen LogP contribution in [0.4, 0.5) is 0 Å². The fraction of sp³-hybridized carbons (Fsp3) is 0.467.